The van der Waals surface area contributed by atoms with E-state index in [0.717, 1.165) is 18.0 Å². The number of hydrogen-bond donors (Lipinski definition) is 1. The van der Waals surface area contributed by atoms with Crippen molar-refractivity contribution in [2.45, 2.75) is 43.1 Å². The molecule has 0 bridgehead atoms. The minimum atomic E-state index is -0.163. The zero-order valence-electron chi connectivity index (χ0n) is 9.38. The van der Waals surface area contributed by atoms with Gasteiger partial charge >= 0.3 is 0 Å². The summed E-state index contributed by atoms with van der Waals surface area (Å²) in [5.41, 5.74) is 0. The molecule has 0 aromatic carbocycles. The fraction of sp³-hybridized carbons (Fsp3) is 0.778. The Balaban J connectivity index is 1.97. The van der Waals surface area contributed by atoms with E-state index in [1.54, 1.807) is 0 Å². The van der Waals surface area contributed by atoms with Crippen LogP contribution >= 0.6 is 11.8 Å². The molecular formula is C9H15N5OS. The number of nitrogens with zero attached hydrogens (tertiary/aromatic N) is 4. The lowest BCUT2D eigenvalue weighted by Gasteiger charge is -2.09. The van der Waals surface area contributed by atoms with Crippen LogP contribution in [0.15, 0.2) is 5.16 Å². The van der Waals surface area contributed by atoms with E-state index in [1.165, 1.54) is 11.8 Å². The summed E-state index contributed by atoms with van der Waals surface area (Å²) >= 11 is 1.41. The van der Waals surface area contributed by atoms with Gasteiger partial charge in [0.25, 0.3) is 0 Å². The zero-order chi connectivity index (χ0) is 11.5. The zero-order valence-corrected chi connectivity index (χ0v) is 10.2. The minimum Gasteiger partial charge on any atom is -0.355 e. The Bertz CT molecular complexity index is 376. The van der Waals surface area contributed by atoms with E-state index in [1.807, 2.05) is 18.5 Å². The molecule has 1 aliphatic rings. The Hall–Kier alpha value is -1.11. The molecule has 1 heterocycles. The van der Waals surface area contributed by atoms with Crippen LogP contribution in [0.4, 0.5) is 0 Å². The van der Waals surface area contributed by atoms with E-state index >= 15 is 0 Å². The first-order chi connectivity index (χ1) is 7.72. The van der Waals surface area contributed by atoms with Gasteiger partial charge in [0.2, 0.25) is 11.1 Å². The van der Waals surface area contributed by atoms with Crippen molar-refractivity contribution in [1.82, 2.24) is 25.5 Å². The van der Waals surface area contributed by atoms with Crippen molar-refractivity contribution in [2.75, 3.05) is 6.54 Å². The molecule has 0 aliphatic heterocycles. The summed E-state index contributed by atoms with van der Waals surface area (Å²) in [6.45, 7) is 4.42. The van der Waals surface area contributed by atoms with Crippen LogP contribution in [0.2, 0.25) is 0 Å². The molecule has 0 saturated heterocycles. The third kappa shape index (κ3) is 2.52. The first-order valence-corrected chi connectivity index (χ1v) is 6.32. The Morgan fingerprint density at radius 1 is 1.69 bits per heavy atom. The second kappa shape index (κ2) is 4.82. The Kier molecular flexibility index (Phi) is 3.42. The average molecular weight is 241 g/mol. The number of rotatable bonds is 5. The number of tetrazole rings is 1. The first kappa shape index (κ1) is 11.4. The molecular weight excluding hydrogens is 226 g/mol. The highest BCUT2D eigenvalue weighted by Gasteiger charge is 2.29. The van der Waals surface area contributed by atoms with Gasteiger partial charge < -0.3 is 5.32 Å². The van der Waals surface area contributed by atoms with E-state index in [-0.39, 0.29) is 11.2 Å². The average Bonchev–Trinajstić information content (AvgIpc) is 3.00. The van der Waals surface area contributed by atoms with Crippen LogP contribution in [0.1, 0.15) is 32.7 Å². The van der Waals surface area contributed by atoms with Crippen molar-refractivity contribution in [1.29, 1.82) is 0 Å². The molecule has 1 fully saturated rings. The van der Waals surface area contributed by atoms with Gasteiger partial charge in [0.1, 0.15) is 0 Å². The molecule has 0 spiro atoms. The maximum atomic E-state index is 11.6. The number of nitrogens with one attached hydrogen (secondary N) is 1. The molecule has 1 aromatic heterocycles. The van der Waals surface area contributed by atoms with E-state index in [4.69, 9.17) is 0 Å². The van der Waals surface area contributed by atoms with E-state index in [9.17, 15) is 4.79 Å². The van der Waals surface area contributed by atoms with Crippen LogP contribution in [-0.4, -0.2) is 37.9 Å². The van der Waals surface area contributed by atoms with Gasteiger partial charge in [-0.2, -0.15) is 0 Å². The van der Waals surface area contributed by atoms with Gasteiger partial charge in [-0.05, 0) is 37.1 Å². The number of carbonyl (C=O) groups is 1. The first-order valence-electron chi connectivity index (χ1n) is 5.44. The van der Waals surface area contributed by atoms with Crippen LogP contribution in [-0.2, 0) is 4.79 Å². The number of thioether (sulfide) groups is 1. The van der Waals surface area contributed by atoms with Gasteiger partial charge in [-0.3, -0.25) is 4.79 Å². The summed E-state index contributed by atoms with van der Waals surface area (Å²) in [5.74, 6) is 0.0258. The van der Waals surface area contributed by atoms with Gasteiger partial charge in [0, 0.05) is 6.54 Å². The highest BCUT2D eigenvalue weighted by molar-refractivity contribution is 8.00. The van der Waals surface area contributed by atoms with Crippen LogP contribution in [0.25, 0.3) is 0 Å². The molecule has 6 nitrogen and oxygen atoms in total. The number of aromatic nitrogens is 4. The highest BCUT2D eigenvalue weighted by atomic mass is 32.2. The molecule has 1 aliphatic carbocycles. The predicted molar refractivity (Wildman–Crippen MR) is 60.1 cm³/mol. The summed E-state index contributed by atoms with van der Waals surface area (Å²) in [6.07, 6.45) is 2.27. The highest BCUT2D eigenvalue weighted by Crippen LogP contribution is 2.37. The van der Waals surface area contributed by atoms with Crippen LogP contribution in [0.3, 0.4) is 0 Å². The van der Waals surface area contributed by atoms with Crippen molar-refractivity contribution in [3.05, 3.63) is 0 Å². The second-order valence-electron chi connectivity index (χ2n) is 3.79. The molecule has 1 atom stereocenters. The number of amides is 1. The Morgan fingerprint density at radius 2 is 2.44 bits per heavy atom. The summed E-state index contributed by atoms with van der Waals surface area (Å²) in [7, 11) is 0. The van der Waals surface area contributed by atoms with Gasteiger partial charge in [-0.25, -0.2) is 4.68 Å². The molecule has 1 aromatic rings. The Morgan fingerprint density at radius 3 is 3.06 bits per heavy atom. The van der Waals surface area contributed by atoms with Crippen LogP contribution < -0.4 is 5.32 Å². The third-order valence-corrected chi connectivity index (χ3v) is 3.40. The van der Waals surface area contributed by atoms with Gasteiger partial charge in [-0.15, -0.1) is 5.10 Å². The lowest BCUT2D eigenvalue weighted by Crippen LogP contribution is -2.30. The lowest BCUT2D eigenvalue weighted by atomic mass is 10.4. The number of carbonyl (C=O) groups excluding carboxylic acids is 1. The summed E-state index contributed by atoms with van der Waals surface area (Å²) in [6, 6.07) is 0.443. The largest absolute Gasteiger partial charge is 0.355 e. The van der Waals surface area contributed by atoms with E-state index < -0.39 is 0 Å². The lowest BCUT2D eigenvalue weighted by molar-refractivity contribution is -0.120. The van der Waals surface area contributed by atoms with Gasteiger partial charge in [0.15, 0.2) is 0 Å². The fourth-order valence-electron chi connectivity index (χ4n) is 1.34. The van der Waals surface area contributed by atoms with Crippen LogP contribution in [0, 0.1) is 0 Å². The second-order valence-corrected chi connectivity index (χ2v) is 5.10. The van der Waals surface area contributed by atoms with Crippen molar-refractivity contribution in [3.8, 4) is 0 Å². The van der Waals surface area contributed by atoms with E-state index in [0.29, 0.717) is 12.6 Å². The van der Waals surface area contributed by atoms with Gasteiger partial charge in [-0.1, -0.05) is 11.8 Å². The molecule has 1 saturated carbocycles. The van der Waals surface area contributed by atoms with Crippen molar-refractivity contribution < 1.29 is 4.79 Å². The molecule has 2 rings (SSSR count). The molecule has 1 amide bonds. The SMILES string of the molecule is CCNC(=O)[C@@H](C)Sc1nnnn1C1CC1. The van der Waals surface area contributed by atoms with Gasteiger partial charge in [0.05, 0.1) is 11.3 Å². The maximum Gasteiger partial charge on any atom is 0.233 e. The third-order valence-electron chi connectivity index (χ3n) is 2.36. The number of hydrogen-bond acceptors (Lipinski definition) is 5. The summed E-state index contributed by atoms with van der Waals surface area (Å²) < 4.78 is 1.82. The smallest absolute Gasteiger partial charge is 0.233 e. The quantitative estimate of drug-likeness (QED) is 0.765. The summed E-state index contributed by atoms with van der Waals surface area (Å²) in [4.78, 5) is 11.6. The maximum absolute atomic E-state index is 11.6. The molecule has 7 heteroatoms. The van der Waals surface area contributed by atoms with Crippen molar-refractivity contribution in [2.24, 2.45) is 0 Å². The molecule has 16 heavy (non-hydrogen) atoms. The fourth-order valence-corrected chi connectivity index (χ4v) is 2.22. The normalized spacial score (nSPS) is 17.1. The van der Waals surface area contributed by atoms with Crippen molar-refractivity contribution in [3.63, 3.8) is 0 Å². The Labute approximate surface area is 98.2 Å². The molecule has 0 radical (unpaired) electrons. The molecule has 1 N–H and O–H groups in total. The molecule has 0 unspecified atom stereocenters. The topological polar surface area (TPSA) is 72.7 Å². The van der Waals surface area contributed by atoms with E-state index in [2.05, 4.69) is 20.8 Å². The standard InChI is InChI=1S/C9H15N5OS/c1-3-10-8(15)6(2)16-9-11-12-13-14(9)7-4-5-7/h6-7H,3-5H2,1-2H3,(H,10,15)/t6-/m1/s1. The van der Waals surface area contributed by atoms with Crippen molar-refractivity contribution >= 4 is 17.7 Å². The summed E-state index contributed by atoms with van der Waals surface area (Å²) in [5, 5.41) is 14.9. The van der Waals surface area contributed by atoms with Crippen LogP contribution in [0.5, 0.6) is 0 Å². The minimum absolute atomic E-state index is 0.0258. The predicted octanol–water partition coefficient (Wildman–Crippen LogP) is 0.625. The molecule has 88 valence electrons. The monoisotopic (exact) mass is 241 g/mol.